The van der Waals surface area contributed by atoms with Crippen molar-refractivity contribution in [3.63, 3.8) is 0 Å². The summed E-state index contributed by atoms with van der Waals surface area (Å²) in [5, 5.41) is 0.824. The van der Waals surface area contributed by atoms with Crippen molar-refractivity contribution in [2.24, 2.45) is 5.92 Å². The normalized spacial score (nSPS) is 35.5. The molecule has 0 radical (unpaired) electrons. The van der Waals surface area contributed by atoms with Gasteiger partial charge in [0.1, 0.15) is 5.76 Å². The molecule has 0 amide bonds. The average Bonchev–Trinajstić information content (AvgIpc) is 2.27. The minimum atomic E-state index is 0.377. The van der Waals surface area contributed by atoms with Crippen LogP contribution in [-0.2, 0) is 4.74 Å². The maximum absolute atomic E-state index is 5.84. The number of hydrogen-bond donors (Lipinski definition) is 0. The molecule has 11 heavy (non-hydrogen) atoms. The molecule has 2 rings (SSSR count). The van der Waals surface area contributed by atoms with Crippen LogP contribution >= 0.6 is 11.6 Å². The lowest BCUT2D eigenvalue weighted by molar-refractivity contribution is 0.176. The second-order valence-corrected chi connectivity index (χ2v) is 3.67. The summed E-state index contributed by atoms with van der Waals surface area (Å²) in [6.07, 6.45) is 6.58. The Balaban J connectivity index is 2.20. The van der Waals surface area contributed by atoms with Gasteiger partial charge < -0.3 is 4.74 Å². The van der Waals surface area contributed by atoms with E-state index >= 15 is 0 Å². The van der Waals surface area contributed by atoms with Gasteiger partial charge in [0.2, 0.25) is 0 Å². The van der Waals surface area contributed by atoms with Crippen molar-refractivity contribution in [3.05, 3.63) is 22.9 Å². The van der Waals surface area contributed by atoms with Gasteiger partial charge in [0, 0.05) is 11.0 Å². The highest BCUT2D eigenvalue weighted by Gasteiger charge is 2.29. The van der Waals surface area contributed by atoms with Gasteiger partial charge in [0.15, 0.2) is 0 Å². The SMILES string of the molecule is CC1CC2CC=C(Cl)C=C2O1. The quantitative estimate of drug-likeness (QED) is 0.543. The maximum Gasteiger partial charge on any atom is 0.101 e. The van der Waals surface area contributed by atoms with Crippen LogP contribution in [0.4, 0.5) is 0 Å². The van der Waals surface area contributed by atoms with E-state index in [0.29, 0.717) is 12.0 Å². The van der Waals surface area contributed by atoms with Gasteiger partial charge >= 0.3 is 0 Å². The Bertz CT molecular complexity index is 230. The predicted octanol–water partition coefficient (Wildman–Crippen LogP) is 2.82. The number of allylic oxidation sites excluding steroid dienone is 4. The maximum atomic E-state index is 5.84. The van der Waals surface area contributed by atoms with E-state index in [1.54, 1.807) is 0 Å². The molecule has 0 aromatic rings. The largest absolute Gasteiger partial charge is 0.495 e. The molecule has 0 bridgehead atoms. The summed E-state index contributed by atoms with van der Waals surface area (Å²) in [6.45, 7) is 2.10. The molecule has 1 heterocycles. The summed E-state index contributed by atoms with van der Waals surface area (Å²) in [5.41, 5.74) is 0. The Morgan fingerprint density at radius 3 is 3.27 bits per heavy atom. The number of rotatable bonds is 0. The van der Waals surface area contributed by atoms with Crippen molar-refractivity contribution in [2.75, 3.05) is 0 Å². The molecule has 1 fully saturated rings. The van der Waals surface area contributed by atoms with Crippen molar-refractivity contribution in [1.82, 2.24) is 0 Å². The van der Waals surface area contributed by atoms with E-state index in [-0.39, 0.29) is 0 Å². The third-order valence-electron chi connectivity index (χ3n) is 2.23. The Morgan fingerprint density at radius 1 is 1.64 bits per heavy atom. The molecule has 1 saturated heterocycles. The molecule has 0 aromatic heterocycles. The molecule has 0 N–H and O–H groups in total. The van der Waals surface area contributed by atoms with Crippen molar-refractivity contribution < 1.29 is 4.74 Å². The van der Waals surface area contributed by atoms with E-state index in [1.807, 2.05) is 6.08 Å². The Hall–Kier alpha value is -0.430. The predicted molar refractivity (Wildman–Crippen MR) is 45.3 cm³/mol. The van der Waals surface area contributed by atoms with Crippen LogP contribution in [0.3, 0.4) is 0 Å². The van der Waals surface area contributed by atoms with Crippen LogP contribution in [0.25, 0.3) is 0 Å². The Labute approximate surface area is 71.7 Å². The van der Waals surface area contributed by atoms with Crippen LogP contribution in [0.2, 0.25) is 0 Å². The minimum Gasteiger partial charge on any atom is -0.495 e. The monoisotopic (exact) mass is 170 g/mol. The zero-order valence-corrected chi connectivity index (χ0v) is 7.27. The summed E-state index contributed by atoms with van der Waals surface area (Å²) in [4.78, 5) is 0. The van der Waals surface area contributed by atoms with Crippen molar-refractivity contribution >= 4 is 11.6 Å². The van der Waals surface area contributed by atoms with Gasteiger partial charge in [0.25, 0.3) is 0 Å². The molecule has 1 nitrogen and oxygen atoms in total. The standard InChI is InChI=1S/C9H11ClO/c1-6-4-7-2-3-8(10)5-9(7)11-6/h3,5-7H,2,4H2,1H3. The zero-order valence-electron chi connectivity index (χ0n) is 6.51. The number of fused-ring (bicyclic) bond motifs is 1. The van der Waals surface area contributed by atoms with Gasteiger partial charge in [-0.25, -0.2) is 0 Å². The summed E-state index contributed by atoms with van der Waals surface area (Å²) in [7, 11) is 0. The van der Waals surface area contributed by atoms with Crippen LogP contribution in [-0.4, -0.2) is 6.10 Å². The summed E-state index contributed by atoms with van der Waals surface area (Å²) >= 11 is 5.84. The lowest BCUT2D eigenvalue weighted by Gasteiger charge is -2.11. The van der Waals surface area contributed by atoms with Crippen LogP contribution in [0, 0.1) is 5.92 Å². The second-order valence-electron chi connectivity index (χ2n) is 3.23. The van der Waals surface area contributed by atoms with E-state index in [0.717, 1.165) is 23.6 Å². The lowest BCUT2D eigenvalue weighted by atomic mass is 9.96. The fourth-order valence-corrected chi connectivity index (χ4v) is 1.90. The molecule has 1 aliphatic carbocycles. The van der Waals surface area contributed by atoms with Gasteiger partial charge in [-0.15, -0.1) is 0 Å². The molecule has 2 heteroatoms. The van der Waals surface area contributed by atoms with E-state index in [2.05, 4.69) is 13.0 Å². The van der Waals surface area contributed by atoms with Crippen LogP contribution in [0.5, 0.6) is 0 Å². The van der Waals surface area contributed by atoms with E-state index in [4.69, 9.17) is 16.3 Å². The van der Waals surface area contributed by atoms with E-state index in [1.165, 1.54) is 0 Å². The fourth-order valence-electron chi connectivity index (χ4n) is 1.71. The third-order valence-corrected chi connectivity index (χ3v) is 2.50. The molecule has 2 unspecified atom stereocenters. The molecule has 0 aromatic carbocycles. The molecule has 0 saturated carbocycles. The first-order chi connectivity index (χ1) is 5.25. The van der Waals surface area contributed by atoms with Crippen LogP contribution < -0.4 is 0 Å². The van der Waals surface area contributed by atoms with Crippen LogP contribution in [0.1, 0.15) is 19.8 Å². The minimum absolute atomic E-state index is 0.377. The highest BCUT2D eigenvalue weighted by molar-refractivity contribution is 6.31. The Morgan fingerprint density at radius 2 is 2.45 bits per heavy atom. The molecule has 1 aliphatic heterocycles. The third kappa shape index (κ3) is 1.30. The van der Waals surface area contributed by atoms with Gasteiger partial charge in [0.05, 0.1) is 6.10 Å². The average molecular weight is 171 g/mol. The number of halogens is 1. The molecular weight excluding hydrogens is 160 g/mol. The number of hydrogen-bond acceptors (Lipinski definition) is 1. The zero-order chi connectivity index (χ0) is 7.84. The summed E-state index contributed by atoms with van der Waals surface area (Å²) < 4.78 is 5.57. The number of ether oxygens (including phenoxy) is 1. The highest BCUT2D eigenvalue weighted by atomic mass is 35.5. The molecular formula is C9H11ClO. The first kappa shape index (κ1) is 7.23. The molecule has 0 spiro atoms. The Kier molecular flexibility index (Phi) is 1.68. The summed E-state index contributed by atoms with van der Waals surface area (Å²) in [6, 6.07) is 0. The van der Waals surface area contributed by atoms with Crippen molar-refractivity contribution in [2.45, 2.75) is 25.9 Å². The summed E-state index contributed by atoms with van der Waals surface area (Å²) in [5.74, 6) is 1.69. The van der Waals surface area contributed by atoms with Crippen LogP contribution in [0.15, 0.2) is 22.9 Å². The lowest BCUT2D eigenvalue weighted by Crippen LogP contribution is -1.99. The molecule has 2 atom stereocenters. The first-order valence-corrected chi connectivity index (χ1v) is 4.37. The fraction of sp³-hybridized carbons (Fsp3) is 0.556. The molecule has 2 aliphatic rings. The van der Waals surface area contributed by atoms with Gasteiger partial charge in [-0.2, -0.15) is 0 Å². The highest BCUT2D eigenvalue weighted by Crippen LogP contribution is 2.36. The van der Waals surface area contributed by atoms with Gasteiger partial charge in [-0.05, 0) is 25.8 Å². The van der Waals surface area contributed by atoms with E-state index < -0.39 is 0 Å². The topological polar surface area (TPSA) is 9.23 Å². The molecule has 60 valence electrons. The smallest absolute Gasteiger partial charge is 0.101 e. The first-order valence-electron chi connectivity index (χ1n) is 3.99. The second kappa shape index (κ2) is 2.56. The van der Waals surface area contributed by atoms with E-state index in [9.17, 15) is 0 Å². The van der Waals surface area contributed by atoms with Crippen molar-refractivity contribution in [1.29, 1.82) is 0 Å². The van der Waals surface area contributed by atoms with Gasteiger partial charge in [-0.1, -0.05) is 17.7 Å². The van der Waals surface area contributed by atoms with Gasteiger partial charge in [-0.3, -0.25) is 0 Å². The van der Waals surface area contributed by atoms with Crippen molar-refractivity contribution in [3.8, 4) is 0 Å².